The molecule has 0 saturated carbocycles. The lowest BCUT2D eigenvalue weighted by atomic mass is 10.2. The third-order valence-corrected chi connectivity index (χ3v) is 3.68. The number of nitrogens with zero attached hydrogens (tertiary/aromatic N) is 5. The molecule has 2 N–H and O–H groups in total. The van der Waals surface area contributed by atoms with Gasteiger partial charge >= 0.3 is 6.03 Å². The van der Waals surface area contributed by atoms with E-state index in [1.54, 1.807) is 24.7 Å². The van der Waals surface area contributed by atoms with Crippen LogP contribution in [-0.4, -0.2) is 37.1 Å². The van der Waals surface area contributed by atoms with Crippen molar-refractivity contribution in [3.05, 3.63) is 30.9 Å². The smallest absolute Gasteiger partial charge is 0.320 e. The molecule has 8 nitrogen and oxygen atoms in total. The molecular weight excluding hydrogens is 318 g/mol. The van der Waals surface area contributed by atoms with E-state index < -0.39 is 0 Å². The Morgan fingerprint density at radius 2 is 2.04 bits per heavy atom. The Bertz CT molecular complexity index is 874. The first kappa shape index (κ1) is 16.8. The van der Waals surface area contributed by atoms with Crippen LogP contribution in [0.5, 0.6) is 0 Å². The predicted octanol–water partition coefficient (Wildman–Crippen LogP) is 2.74. The number of anilines is 1. The number of amides is 2. The number of aromatic nitrogens is 5. The highest BCUT2D eigenvalue weighted by molar-refractivity contribution is 5.89. The van der Waals surface area contributed by atoms with Crippen molar-refractivity contribution in [3.63, 3.8) is 0 Å². The van der Waals surface area contributed by atoms with Crippen LogP contribution in [0.2, 0.25) is 0 Å². The lowest BCUT2D eigenvalue weighted by Gasteiger charge is -2.07. The van der Waals surface area contributed by atoms with E-state index in [-0.39, 0.29) is 6.03 Å². The summed E-state index contributed by atoms with van der Waals surface area (Å²) in [6.45, 7) is 2.77. The zero-order valence-corrected chi connectivity index (χ0v) is 14.4. The summed E-state index contributed by atoms with van der Waals surface area (Å²) in [5.41, 5.74) is 2.49. The van der Waals surface area contributed by atoms with Crippen molar-refractivity contribution in [2.24, 2.45) is 7.05 Å². The summed E-state index contributed by atoms with van der Waals surface area (Å²) in [5, 5.41) is 5.54. The molecule has 0 spiro atoms. The number of hydrogen-bond acceptors (Lipinski definition) is 5. The van der Waals surface area contributed by atoms with Gasteiger partial charge in [-0.05, 0) is 18.6 Å². The molecular formula is C17H21N7O. The summed E-state index contributed by atoms with van der Waals surface area (Å²) in [7, 11) is 1.89. The van der Waals surface area contributed by atoms with Crippen LogP contribution in [0.15, 0.2) is 30.9 Å². The van der Waals surface area contributed by atoms with E-state index in [0.29, 0.717) is 29.2 Å². The van der Waals surface area contributed by atoms with E-state index in [4.69, 9.17) is 0 Å². The molecule has 0 aliphatic carbocycles. The van der Waals surface area contributed by atoms with Gasteiger partial charge in [0.1, 0.15) is 22.7 Å². The van der Waals surface area contributed by atoms with Crippen LogP contribution in [0, 0.1) is 0 Å². The first-order valence-corrected chi connectivity index (χ1v) is 8.32. The van der Waals surface area contributed by atoms with Crippen LogP contribution in [0.3, 0.4) is 0 Å². The number of carbonyl (C=O) groups excluding carboxylic acids is 1. The molecule has 0 radical (unpaired) electrons. The van der Waals surface area contributed by atoms with Crippen LogP contribution >= 0.6 is 0 Å². The molecule has 0 aliphatic rings. The summed E-state index contributed by atoms with van der Waals surface area (Å²) >= 11 is 0. The van der Waals surface area contributed by atoms with Crippen LogP contribution in [0.4, 0.5) is 10.6 Å². The topological polar surface area (TPSA) is 97.6 Å². The Hall–Kier alpha value is -3.03. The van der Waals surface area contributed by atoms with Gasteiger partial charge in [-0.3, -0.25) is 10.3 Å². The lowest BCUT2D eigenvalue weighted by molar-refractivity contribution is 0.252. The number of imidazole rings is 1. The third kappa shape index (κ3) is 4.28. The minimum Gasteiger partial charge on any atom is -0.340 e. The SMILES string of the molecule is CCCCCNC(=O)Nc1ccc2ncc(-c3cn(C)cn3)nc2n1. The summed E-state index contributed by atoms with van der Waals surface area (Å²) in [4.78, 5) is 29.4. The fourth-order valence-electron chi connectivity index (χ4n) is 2.37. The summed E-state index contributed by atoms with van der Waals surface area (Å²) < 4.78 is 1.84. The van der Waals surface area contributed by atoms with Crippen molar-refractivity contribution in [2.45, 2.75) is 26.2 Å². The van der Waals surface area contributed by atoms with Crippen molar-refractivity contribution in [2.75, 3.05) is 11.9 Å². The number of carbonyl (C=O) groups is 1. The standard InChI is InChI=1S/C17H21N7O/c1-3-4-5-8-18-17(25)23-15-7-6-12-16(22-15)21-13(9-19-12)14-10-24(2)11-20-14/h6-7,9-11H,3-5,8H2,1-2H3,(H2,18,21,22,23,25). The predicted molar refractivity (Wildman–Crippen MR) is 96.1 cm³/mol. The molecule has 0 aliphatic heterocycles. The van der Waals surface area contributed by atoms with Gasteiger partial charge < -0.3 is 9.88 Å². The third-order valence-electron chi connectivity index (χ3n) is 3.68. The Balaban J connectivity index is 1.73. The summed E-state index contributed by atoms with van der Waals surface area (Å²) in [6, 6.07) is 3.23. The molecule has 0 aromatic carbocycles. The van der Waals surface area contributed by atoms with Crippen LogP contribution in [0.1, 0.15) is 26.2 Å². The molecule has 0 atom stereocenters. The fourth-order valence-corrected chi connectivity index (χ4v) is 2.37. The molecule has 0 bridgehead atoms. The number of pyridine rings is 1. The first-order chi connectivity index (χ1) is 12.2. The Kier molecular flexibility index (Phi) is 5.17. The van der Waals surface area contributed by atoms with E-state index >= 15 is 0 Å². The van der Waals surface area contributed by atoms with Gasteiger partial charge in [0.2, 0.25) is 0 Å². The fraction of sp³-hybridized carbons (Fsp3) is 0.353. The molecule has 3 heterocycles. The monoisotopic (exact) mass is 339 g/mol. The van der Waals surface area contributed by atoms with Crippen LogP contribution in [-0.2, 0) is 7.05 Å². The van der Waals surface area contributed by atoms with Gasteiger partial charge in [-0.2, -0.15) is 0 Å². The number of unbranched alkanes of at least 4 members (excludes halogenated alkanes) is 2. The number of nitrogens with one attached hydrogen (secondary N) is 2. The van der Waals surface area contributed by atoms with Crippen molar-refractivity contribution in [1.82, 2.24) is 29.8 Å². The molecule has 0 fully saturated rings. The van der Waals surface area contributed by atoms with E-state index in [0.717, 1.165) is 25.0 Å². The van der Waals surface area contributed by atoms with Gasteiger partial charge in [0.05, 0.1) is 12.5 Å². The highest BCUT2D eigenvalue weighted by Crippen LogP contribution is 2.17. The summed E-state index contributed by atoms with van der Waals surface area (Å²) in [6.07, 6.45) is 8.41. The van der Waals surface area contributed by atoms with Gasteiger partial charge in [-0.15, -0.1) is 0 Å². The van der Waals surface area contributed by atoms with E-state index in [2.05, 4.69) is 37.5 Å². The maximum absolute atomic E-state index is 11.9. The molecule has 3 aromatic rings. The maximum Gasteiger partial charge on any atom is 0.320 e. The number of hydrogen-bond donors (Lipinski definition) is 2. The molecule has 25 heavy (non-hydrogen) atoms. The molecule has 130 valence electrons. The minimum absolute atomic E-state index is 0.267. The normalized spacial score (nSPS) is 10.8. The number of aryl methyl sites for hydroxylation is 1. The molecule has 3 aromatic heterocycles. The second kappa shape index (κ2) is 7.69. The highest BCUT2D eigenvalue weighted by atomic mass is 16.2. The van der Waals surface area contributed by atoms with Crippen molar-refractivity contribution >= 4 is 23.0 Å². The Labute approximate surface area is 145 Å². The number of urea groups is 1. The zero-order valence-electron chi connectivity index (χ0n) is 14.4. The van der Waals surface area contributed by atoms with Gasteiger partial charge in [0, 0.05) is 19.8 Å². The average Bonchev–Trinajstić information content (AvgIpc) is 3.04. The molecule has 0 saturated heterocycles. The molecule has 0 unspecified atom stereocenters. The first-order valence-electron chi connectivity index (χ1n) is 8.32. The van der Waals surface area contributed by atoms with Gasteiger partial charge in [-0.25, -0.2) is 19.7 Å². The zero-order chi connectivity index (χ0) is 17.6. The largest absolute Gasteiger partial charge is 0.340 e. The second-order valence-electron chi connectivity index (χ2n) is 5.81. The van der Waals surface area contributed by atoms with E-state index in [1.807, 2.05) is 17.8 Å². The van der Waals surface area contributed by atoms with Gasteiger partial charge in [0.15, 0.2) is 5.65 Å². The van der Waals surface area contributed by atoms with Crippen LogP contribution < -0.4 is 10.6 Å². The van der Waals surface area contributed by atoms with Crippen LogP contribution in [0.25, 0.3) is 22.6 Å². The Morgan fingerprint density at radius 1 is 1.16 bits per heavy atom. The summed E-state index contributed by atoms with van der Waals surface area (Å²) in [5.74, 6) is 0.438. The van der Waals surface area contributed by atoms with Gasteiger partial charge in [-0.1, -0.05) is 19.8 Å². The highest BCUT2D eigenvalue weighted by Gasteiger charge is 2.08. The van der Waals surface area contributed by atoms with E-state index in [1.165, 1.54) is 0 Å². The molecule has 8 heteroatoms. The van der Waals surface area contributed by atoms with E-state index in [9.17, 15) is 4.79 Å². The lowest BCUT2D eigenvalue weighted by Crippen LogP contribution is -2.29. The van der Waals surface area contributed by atoms with Crippen molar-refractivity contribution in [3.8, 4) is 11.4 Å². The average molecular weight is 339 g/mol. The minimum atomic E-state index is -0.267. The van der Waals surface area contributed by atoms with Gasteiger partial charge in [0.25, 0.3) is 0 Å². The number of fused-ring (bicyclic) bond motifs is 1. The number of rotatable bonds is 6. The second-order valence-corrected chi connectivity index (χ2v) is 5.81. The van der Waals surface area contributed by atoms with Crippen molar-refractivity contribution < 1.29 is 4.79 Å². The Morgan fingerprint density at radius 3 is 2.80 bits per heavy atom. The maximum atomic E-state index is 11.9. The molecule has 3 rings (SSSR count). The molecule has 2 amide bonds. The van der Waals surface area contributed by atoms with Crippen molar-refractivity contribution in [1.29, 1.82) is 0 Å². The quantitative estimate of drug-likeness (QED) is 0.673.